The van der Waals surface area contributed by atoms with Gasteiger partial charge in [-0.25, -0.2) is 4.79 Å². The molecule has 1 aliphatic rings. The van der Waals surface area contributed by atoms with E-state index in [4.69, 9.17) is 10.5 Å². The molecule has 166 valence electrons. The maximum atomic E-state index is 13.3. The number of carbonyl (C=O) groups is 1. The van der Waals surface area contributed by atoms with Gasteiger partial charge in [-0.3, -0.25) is 9.36 Å². The molecule has 2 aromatic carbocycles. The number of nitriles is 1. The molecule has 33 heavy (non-hydrogen) atoms. The van der Waals surface area contributed by atoms with Gasteiger partial charge in [0.2, 0.25) is 0 Å². The number of allylic oxidation sites excluding steroid dienone is 1. The SMILES string of the molecule is CCOC(=O)C1=c2s/c(=C/c3ccc(C)cc3)c(=O)n2C(N)=C(C#N)C1c1ccc(C)cc1. The van der Waals surface area contributed by atoms with E-state index in [0.717, 1.165) is 22.3 Å². The van der Waals surface area contributed by atoms with Crippen LogP contribution in [-0.2, 0) is 9.53 Å². The minimum absolute atomic E-state index is 0.0379. The Morgan fingerprint density at radius 1 is 1.15 bits per heavy atom. The summed E-state index contributed by atoms with van der Waals surface area (Å²) < 4.78 is 7.42. The van der Waals surface area contributed by atoms with Gasteiger partial charge in [0.25, 0.3) is 5.56 Å². The predicted molar refractivity (Wildman–Crippen MR) is 130 cm³/mol. The van der Waals surface area contributed by atoms with Crippen molar-refractivity contribution in [1.82, 2.24) is 4.57 Å². The topological polar surface area (TPSA) is 98.1 Å². The summed E-state index contributed by atoms with van der Waals surface area (Å²) in [6.45, 7) is 5.83. The second-order valence-corrected chi connectivity index (χ2v) is 8.89. The standard InChI is InChI=1S/C26H23N3O3S/c1-4-32-26(31)22-21(18-11-7-16(3)8-12-18)19(14-27)23(28)29-24(30)20(33-25(22)29)13-17-9-5-15(2)6-10-17/h5-13,21H,4,28H2,1-3H3/b20-13+. The van der Waals surface area contributed by atoms with E-state index in [1.807, 2.05) is 62.4 Å². The van der Waals surface area contributed by atoms with Gasteiger partial charge in [0.1, 0.15) is 10.5 Å². The van der Waals surface area contributed by atoms with Gasteiger partial charge >= 0.3 is 5.97 Å². The van der Waals surface area contributed by atoms with Gasteiger partial charge in [0.15, 0.2) is 0 Å². The monoisotopic (exact) mass is 457 g/mol. The van der Waals surface area contributed by atoms with Crippen LogP contribution in [0.25, 0.3) is 17.5 Å². The third-order valence-corrected chi connectivity index (χ3v) is 6.66. The number of hydrogen-bond donors (Lipinski definition) is 1. The van der Waals surface area contributed by atoms with Crippen molar-refractivity contribution >= 4 is 34.8 Å². The molecule has 0 spiro atoms. The highest BCUT2D eigenvalue weighted by Gasteiger charge is 2.36. The molecular formula is C26H23N3O3S. The molecule has 6 nitrogen and oxygen atoms in total. The van der Waals surface area contributed by atoms with E-state index in [-0.39, 0.29) is 29.1 Å². The lowest BCUT2D eigenvalue weighted by atomic mass is 9.83. The van der Waals surface area contributed by atoms with E-state index in [1.54, 1.807) is 13.0 Å². The van der Waals surface area contributed by atoms with Gasteiger partial charge in [-0.1, -0.05) is 59.7 Å². The number of nitrogens with zero attached hydrogens (tertiary/aromatic N) is 2. The lowest BCUT2D eigenvalue weighted by molar-refractivity contribution is -0.136. The van der Waals surface area contributed by atoms with Crippen LogP contribution in [0.15, 0.2) is 58.9 Å². The molecule has 4 rings (SSSR count). The number of ether oxygens (including phenoxy) is 1. The predicted octanol–water partition coefficient (Wildman–Crippen LogP) is 2.52. The molecule has 1 aliphatic heterocycles. The van der Waals surface area contributed by atoms with Crippen molar-refractivity contribution in [2.24, 2.45) is 5.73 Å². The number of fused-ring (bicyclic) bond motifs is 1. The van der Waals surface area contributed by atoms with Gasteiger partial charge in [-0.15, -0.1) is 11.3 Å². The van der Waals surface area contributed by atoms with Crippen LogP contribution in [0, 0.1) is 25.2 Å². The summed E-state index contributed by atoms with van der Waals surface area (Å²) in [5, 5.41) is 9.99. The Hall–Kier alpha value is -3.89. The fourth-order valence-electron chi connectivity index (χ4n) is 3.86. The van der Waals surface area contributed by atoms with Crippen LogP contribution < -0.4 is 20.5 Å². The van der Waals surface area contributed by atoms with Gasteiger partial charge in [0, 0.05) is 0 Å². The van der Waals surface area contributed by atoms with Gasteiger partial charge < -0.3 is 10.5 Å². The number of aromatic nitrogens is 1. The molecule has 0 aliphatic carbocycles. The van der Waals surface area contributed by atoms with Crippen LogP contribution in [0.5, 0.6) is 0 Å². The molecule has 0 radical (unpaired) electrons. The van der Waals surface area contributed by atoms with Crippen LogP contribution in [0.2, 0.25) is 0 Å². The van der Waals surface area contributed by atoms with Crippen LogP contribution in [-0.4, -0.2) is 17.1 Å². The Bertz CT molecular complexity index is 1480. The Morgan fingerprint density at radius 3 is 2.33 bits per heavy atom. The molecule has 0 bridgehead atoms. The second-order valence-electron chi connectivity index (χ2n) is 7.86. The lowest BCUT2D eigenvalue weighted by Gasteiger charge is -2.24. The fraction of sp³-hybridized carbons (Fsp3) is 0.192. The minimum Gasteiger partial charge on any atom is -0.463 e. The first-order valence-corrected chi connectivity index (χ1v) is 11.4. The highest BCUT2D eigenvalue weighted by molar-refractivity contribution is 7.07. The number of benzene rings is 2. The smallest absolute Gasteiger partial charge is 0.338 e. The van der Waals surface area contributed by atoms with Gasteiger partial charge in [-0.05, 0) is 38.0 Å². The Kier molecular flexibility index (Phi) is 6.03. The first-order chi connectivity index (χ1) is 15.8. The van der Waals surface area contributed by atoms with E-state index in [9.17, 15) is 14.9 Å². The number of thiazole rings is 1. The zero-order valence-corrected chi connectivity index (χ0v) is 19.4. The summed E-state index contributed by atoms with van der Waals surface area (Å²) >= 11 is 1.17. The normalized spacial score (nSPS) is 15.9. The average molecular weight is 458 g/mol. The molecule has 0 fully saturated rings. The van der Waals surface area contributed by atoms with E-state index in [0.29, 0.717) is 9.20 Å². The van der Waals surface area contributed by atoms with Crippen molar-refractivity contribution in [2.75, 3.05) is 6.61 Å². The van der Waals surface area contributed by atoms with E-state index < -0.39 is 11.9 Å². The molecule has 2 heterocycles. The first kappa shape index (κ1) is 22.3. The lowest BCUT2D eigenvalue weighted by Crippen LogP contribution is -2.40. The largest absolute Gasteiger partial charge is 0.463 e. The summed E-state index contributed by atoms with van der Waals surface area (Å²) in [6, 6.07) is 17.5. The van der Waals surface area contributed by atoms with Crippen molar-refractivity contribution in [3.05, 3.63) is 95.9 Å². The van der Waals surface area contributed by atoms with Crippen LogP contribution >= 0.6 is 11.3 Å². The zero-order chi connectivity index (χ0) is 23.7. The van der Waals surface area contributed by atoms with Crippen molar-refractivity contribution in [3.8, 4) is 6.07 Å². The quantitative estimate of drug-likeness (QED) is 0.607. The number of esters is 1. The van der Waals surface area contributed by atoms with Crippen molar-refractivity contribution in [1.29, 1.82) is 5.26 Å². The van der Waals surface area contributed by atoms with E-state index in [1.165, 1.54) is 15.9 Å². The highest BCUT2D eigenvalue weighted by atomic mass is 32.1. The van der Waals surface area contributed by atoms with Gasteiger partial charge in [-0.2, -0.15) is 5.26 Å². The molecule has 1 unspecified atom stereocenters. The van der Waals surface area contributed by atoms with Crippen LogP contribution in [0.3, 0.4) is 0 Å². The maximum absolute atomic E-state index is 13.3. The number of aryl methyl sites for hydroxylation is 2. The number of hydrogen-bond acceptors (Lipinski definition) is 6. The third kappa shape index (κ3) is 4.01. The van der Waals surface area contributed by atoms with E-state index in [2.05, 4.69) is 6.07 Å². The molecule has 3 aromatic rings. The summed E-state index contributed by atoms with van der Waals surface area (Å²) in [5.41, 5.74) is 10.1. The minimum atomic E-state index is -0.722. The van der Waals surface area contributed by atoms with Crippen LogP contribution in [0.4, 0.5) is 0 Å². The molecule has 1 atom stereocenters. The molecule has 0 saturated carbocycles. The molecule has 0 amide bonds. The molecule has 0 saturated heterocycles. The van der Waals surface area contributed by atoms with Crippen molar-refractivity contribution < 1.29 is 9.53 Å². The summed E-state index contributed by atoms with van der Waals surface area (Å²) in [6.07, 6.45) is 1.76. The first-order valence-electron chi connectivity index (χ1n) is 10.5. The molecular weight excluding hydrogens is 434 g/mol. The number of rotatable bonds is 4. The maximum Gasteiger partial charge on any atom is 0.338 e. The Balaban J connectivity index is 2.08. The number of nitrogens with two attached hydrogens (primary N) is 1. The fourth-order valence-corrected chi connectivity index (χ4v) is 5.03. The molecule has 2 N–H and O–H groups in total. The second kappa shape index (κ2) is 8.93. The Morgan fingerprint density at radius 2 is 1.76 bits per heavy atom. The summed E-state index contributed by atoms with van der Waals surface area (Å²) in [7, 11) is 0. The number of carbonyl (C=O) groups excluding carboxylic acids is 1. The summed E-state index contributed by atoms with van der Waals surface area (Å²) in [5.74, 6) is -1.25. The van der Waals surface area contributed by atoms with E-state index >= 15 is 0 Å². The third-order valence-electron chi connectivity index (χ3n) is 5.55. The zero-order valence-electron chi connectivity index (χ0n) is 18.6. The van der Waals surface area contributed by atoms with Crippen molar-refractivity contribution in [3.63, 3.8) is 0 Å². The molecule has 1 aromatic heterocycles. The van der Waals surface area contributed by atoms with Crippen LogP contribution in [0.1, 0.15) is 35.1 Å². The Labute approximate surface area is 195 Å². The van der Waals surface area contributed by atoms with Gasteiger partial charge in [0.05, 0.1) is 34.3 Å². The molecule has 7 heteroatoms. The summed E-state index contributed by atoms with van der Waals surface area (Å²) in [4.78, 5) is 26.5. The highest BCUT2D eigenvalue weighted by Crippen LogP contribution is 2.36. The van der Waals surface area contributed by atoms with Crippen molar-refractivity contribution in [2.45, 2.75) is 26.7 Å². The average Bonchev–Trinajstić information content (AvgIpc) is 3.11.